The molecule has 0 aromatic carbocycles. The highest BCUT2D eigenvalue weighted by Crippen LogP contribution is 2.21. The molecule has 0 radical (unpaired) electrons. The van der Waals surface area contributed by atoms with Gasteiger partial charge in [0.05, 0.1) is 0 Å². The molecule has 1 atom stereocenters. The molecule has 2 aliphatic rings. The van der Waals surface area contributed by atoms with Crippen LogP contribution >= 0.6 is 0 Å². The van der Waals surface area contributed by atoms with Crippen LogP contribution in [-0.2, 0) is 16.1 Å². The number of rotatable bonds is 5. The first-order valence-electron chi connectivity index (χ1n) is 8.91. The molecule has 2 saturated heterocycles. The lowest BCUT2D eigenvalue weighted by Crippen LogP contribution is -2.47. The van der Waals surface area contributed by atoms with E-state index >= 15 is 0 Å². The molecule has 2 amide bonds. The van der Waals surface area contributed by atoms with Crippen LogP contribution in [0.4, 0.5) is 0 Å². The van der Waals surface area contributed by atoms with Crippen LogP contribution in [0.15, 0.2) is 21.9 Å². The number of piperidine rings is 1. The van der Waals surface area contributed by atoms with Gasteiger partial charge < -0.3 is 9.80 Å². The first-order valence-corrected chi connectivity index (χ1v) is 8.91. The van der Waals surface area contributed by atoms with E-state index in [2.05, 4.69) is 4.98 Å². The van der Waals surface area contributed by atoms with Gasteiger partial charge in [-0.05, 0) is 32.1 Å². The van der Waals surface area contributed by atoms with Gasteiger partial charge in [0, 0.05) is 44.4 Å². The lowest BCUT2D eigenvalue weighted by molar-refractivity contribution is -0.136. The number of hydrogen-bond acceptors (Lipinski definition) is 4. The number of amides is 2. The second-order valence-electron chi connectivity index (χ2n) is 6.75. The molecular formula is C17H24N4O4. The van der Waals surface area contributed by atoms with E-state index in [0.29, 0.717) is 19.5 Å². The number of hydrogen-bond donors (Lipinski definition) is 1. The van der Waals surface area contributed by atoms with Gasteiger partial charge in [0.15, 0.2) is 0 Å². The zero-order valence-electron chi connectivity index (χ0n) is 14.3. The van der Waals surface area contributed by atoms with E-state index in [9.17, 15) is 19.2 Å². The SMILES string of the molecule is O=C1CCCN1CCC1CCCCN1C(=O)Cn1ccc(=O)[nH]c1=O. The van der Waals surface area contributed by atoms with Crippen molar-refractivity contribution in [2.45, 2.75) is 51.1 Å². The molecule has 1 aromatic heterocycles. The Kier molecular flexibility index (Phi) is 5.35. The van der Waals surface area contributed by atoms with E-state index in [4.69, 9.17) is 0 Å². The van der Waals surface area contributed by atoms with Crippen LogP contribution in [0.25, 0.3) is 0 Å². The fraction of sp³-hybridized carbons (Fsp3) is 0.647. The summed E-state index contributed by atoms with van der Waals surface area (Å²) < 4.78 is 1.22. The molecule has 3 rings (SSSR count). The lowest BCUT2D eigenvalue weighted by Gasteiger charge is -2.36. The zero-order valence-corrected chi connectivity index (χ0v) is 14.3. The van der Waals surface area contributed by atoms with Crippen LogP contribution in [0.1, 0.15) is 38.5 Å². The molecule has 2 fully saturated rings. The van der Waals surface area contributed by atoms with Crippen molar-refractivity contribution in [2.24, 2.45) is 0 Å². The number of nitrogens with one attached hydrogen (secondary N) is 1. The Bertz CT molecular complexity index is 754. The molecule has 1 N–H and O–H groups in total. The molecule has 136 valence electrons. The largest absolute Gasteiger partial charge is 0.343 e. The molecule has 0 bridgehead atoms. The topological polar surface area (TPSA) is 95.5 Å². The maximum absolute atomic E-state index is 12.7. The zero-order chi connectivity index (χ0) is 17.8. The van der Waals surface area contributed by atoms with Gasteiger partial charge >= 0.3 is 5.69 Å². The third kappa shape index (κ3) is 4.18. The third-order valence-electron chi connectivity index (χ3n) is 5.05. The van der Waals surface area contributed by atoms with Crippen LogP contribution in [0.5, 0.6) is 0 Å². The average molecular weight is 348 g/mol. The van der Waals surface area contributed by atoms with Crippen molar-refractivity contribution in [1.82, 2.24) is 19.4 Å². The first kappa shape index (κ1) is 17.4. The molecule has 2 aliphatic heterocycles. The number of nitrogens with zero attached hydrogens (tertiary/aromatic N) is 3. The Morgan fingerprint density at radius 1 is 1.16 bits per heavy atom. The molecule has 8 nitrogen and oxygen atoms in total. The standard InChI is InChI=1S/C17H24N4O4/c22-14-7-11-20(17(25)18-14)12-16(24)21-9-2-1-4-13(21)6-10-19-8-3-5-15(19)23/h7,11,13H,1-6,8-10,12H2,(H,18,22,25). The van der Waals surface area contributed by atoms with Gasteiger partial charge in [0.1, 0.15) is 6.54 Å². The molecule has 3 heterocycles. The predicted molar refractivity (Wildman–Crippen MR) is 91.1 cm³/mol. The van der Waals surface area contributed by atoms with Crippen molar-refractivity contribution in [3.05, 3.63) is 33.1 Å². The quantitative estimate of drug-likeness (QED) is 0.806. The molecule has 0 aliphatic carbocycles. The highest BCUT2D eigenvalue weighted by Gasteiger charge is 2.28. The summed E-state index contributed by atoms with van der Waals surface area (Å²) in [5, 5.41) is 0. The second-order valence-corrected chi connectivity index (χ2v) is 6.75. The molecule has 0 saturated carbocycles. The summed E-state index contributed by atoms with van der Waals surface area (Å²) in [5.74, 6) is 0.0834. The summed E-state index contributed by atoms with van der Waals surface area (Å²) in [6, 6.07) is 1.34. The number of carbonyl (C=O) groups is 2. The van der Waals surface area contributed by atoms with Crippen LogP contribution in [-0.4, -0.2) is 56.8 Å². The number of likely N-dealkylation sites (tertiary alicyclic amines) is 2. The van der Waals surface area contributed by atoms with Gasteiger partial charge in [-0.2, -0.15) is 0 Å². The van der Waals surface area contributed by atoms with E-state index in [1.807, 2.05) is 9.80 Å². The summed E-state index contributed by atoms with van der Waals surface area (Å²) in [6.07, 6.45) is 6.61. The summed E-state index contributed by atoms with van der Waals surface area (Å²) in [5.41, 5.74) is -1.04. The minimum Gasteiger partial charge on any atom is -0.343 e. The van der Waals surface area contributed by atoms with Crippen LogP contribution < -0.4 is 11.2 Å². The average Bonchev–Trinajstić information content (AvgIpc) is 3.01. The molecule has 25 heavy (non-hydrogen) atoms. The Balaban J connectivity index is 1.63. The lowest BCUT2D eigenvalue weighted by atomic mass is 9.99. The maximum atomic E-state index is 12.7. The minimum atomic E-state index is -0.572. The van der Waals surface area contributed by atoms with Gasteiger partial charge in [-0.1, -0.05) is 0 Å². The first-order chi connectivity index (χ1) is 12.0. The second kappa shape index (κ2) is 7.67. The van der Waals surface area contributed by atoms with Gasteiger partial charge in [0.25, 0.3) is 5.56 Å². The van der Waals surface area contributed by atoms with Crippen molar-refractivity contribution >= 4 is 11.8 Å². The number of H-pyrrole nitrogens is 1. The fourth-order valence-corrected chi connectivity index (χ4v) is 3.68. The molecular weight excluding hydrogens is 324 g/mol. The van der Waals surface area contributed by atoms with Crippen LogP contribution in [0, 0.1) is 0 Å². The van der Waals surface area contributed by atoms with E-state index in [1.54, 1.807) is 0 Å². The minimum absolute atomic E-state index is 0.0746. The van der Waals surface area contributed by atoms with Gasteiger partial charge in [0.2, 0.25) is 11.8 Å². The van der Waals surface area contributed by atoms with Gasteiger partial charge in [-0.15, -0.1) is 0 Å². The van der Waals surface area contributed by atoms with Crippen molar-refractivity contribution in [3.63, 3.8) is 0 Å². The van der Waals surface area contributed by atoms with Crippen molar-refractivity contribution in [1.29, 1.82) is 0 Å². The number of aromatic nitrogens is 2. The predicted octanol–water partition coefficient (Wildman–Crippen LogP) is -0.0698. The summed E-state index contributed by atoms with van der Waals surface area (Å²) in [4.78, 5) is 53.2. The Morgan fingerprint density at radius 2 is 2.00 bits per heavy atom. The summed E-state index contributed by atoms with van der Waals surface area (Å²) in [7, 11) is 0. The molecule has 8 heteroatoms. The van der Waals surface area contributed by atoms with Crippen molar-refractivity contribution < 1.29 is 9.59 Å². The summed E-state index contributed by atoms with van der Waals surface area (Å²) >= 11 is 0. The van der Waals surface area contributed by atoms with E-state index in [-0.39, 0.29) is 24.4 Å². The van der Waals surface area contributed by atoms with Crippen LogP contribution in [0.2, 0.25) is 0 Å². The Hall–Kier alpha value is -2.38. The third-order valence-corrected chi connectivity index (χ3v) is 5.05. The van der Waals surface area contributed by atoms with Gasteiger partial charge in [-0.25, -0.2) is 4.79 Å². The highest BCUT2D eigenvalue weighted by molar-refractivity contribution is 5.78. The highest BCUT2D eigenvalue weighted by atomic mass is 16.2. The van der Waals surface area contributed by atoms with E-state index in [1.165, 1.54) is 16.8 Å². The molecule has 1 aromatic rings. The van der Waals surface area contributed by atoms with Crippen molar-refractivity contribution in [2.75, 3.05) is 19.6 Å². The monoisotopic (exact) mass is 348 g/mol. The van der Waals surface area contributed by atoms with E-state index < -0.39 is 11.2 Å². The summed E-state index contributed by atoms with van der Waals surface area (Å²) in [6.45, 7) is 2.10. The Morgan fingerprint density at radius 3 is 2.72 bits per heavy atom. The molecule has 1 unspecified atom stereocenters. The fourth-order valence-electron chi connectivity index (χ4n) is 3.68. The normalized spacial score (nSPS) is 21.0. The molecule has 0 spiro atoms. The number of aromatic amines is 1. The van der Waals surface area contributed by atoms with Crippen molar-refractivity contribution in [3.8, 4) is 0 Å². The van der Waals surface area contributed by atoms with E-state index in [0.717, 1.165) is 38.6 Å². The Labute approximate surface area is 145 Å². The number of carbonyl (C=O) groups excluding carboxylic acids is 2. The smallest absolute Gasteiger partial charge is 0.328 e. The van der Waals surface area contributed by atoms with Gasteiger partial charge in [-0.3, -0.25) is 23.9 Å². The van der Waals surface area contributed by atoms with Crippen LogP contribution in [0.3, 0.4) is 0 Å². The maximum Gasteiger partial charge on any atom is 0.328 e.